The molecule has 0 fully saturated rings. The van der Waals surface area contributed by atoms with E-state index in [4.69, 9.17) is 11.6 Å². The fourth-order valence-corrected chi connectivity index (χ4v) is 2.24. The third-order valence-corrected chi connectivity index (χ3v) is 3.53. The third kappa shape index (κ3) is 2.86. The summed E-state index contributed by atoms with van der Waals surface area (Å²) in [6.07, 6.45) is 2.28. The predicted molar refractivity (Wildman–Crippen MR) is 81.2 cm³/mol. The molecular formula is C14H13ClFN5O. The molecule has 0 spiro atoms. The standard InChI is InChI=1S/C14H13ClFN5O/c1-21-6-9-13(18-7-19-14(9)20-21)17-5-12(22)8-2-3-10(15)11(16)4-8/h2-4,6-7,12,22H,5H2,1H3,(H,17,18,19,20). The van der Waals surface area contributed by atoms with Crippen molar-refractivity contribution in [3.63, 3.8) is 0 Å². The minimum absolute atomic E-state index is 0.0248. The monoisotopic (exact) mass is 321 g/mol. The second-order valence-electron chi connectivity index (χ2n) is 4.83. The molecule has 0 bridgehead atoms. The van der Waals surface area contributed by atoms with Crippen molar-refractivity contribution in [2.24, 2.45) is 7.05 Å². The van der Waals surface area contributed by atoms with E-state index in [1.54, 1.807) is 24.0 Å². The van der Waals surface area contributed by atoms with Crippen LogP contribution in [0.5, 0.6) is 0 Å². The highest BCUT2D eigenvalue weighted by Crippen LogP contribution is 2.22. The van der Waals surface area contributed by atoms with E-state index in [1.165, 1.54) is 18.5 Å². The Labute approximate surface area is 130 Å². The zero-order valence-electron chi connectivity index (χ0n) is 11.7. The molecule has 2 aromatic heterocycles. The highest BCUT2D eigenvalue weighted by atomic mass is 35.5. The molecule has 0 aliphatic heterocycles. The molecule has 1 aromatic carbocycles. The second-order valence-corrected chi connectivity index (χ2v) is 5.24. The molecule has 0 amide bonds. The van der Waals surface area contributed by atoms with Crippen molar-refractivity contribution in [2.45, 2.75) is 6.10 Å². The lowest BCUT2D eigenvalue weighted by Crippen LogP contribution is -2.13. The molecule has 22 heavy (non-hydrogen) atoms. The van der Waals surface area contributed by atoms with Crippen LogP contribution in [0.1, 0.15) is 11.7 Å². The Kier molecular flexibility index (Phi) is 3.91. The molecule has 3 aromatic rings. The summed E-state index contributed by atoms with van der Waals surface area (Å²) in [5.41, 5.74) is 0.998. The number of aromatic nitrogens is 4. The maximum Gasteiger partial charge on any atom is 0.186 e. The number of halogens is 2. The number of nitrogens with one attached hydrogen (secondary N) is 1. The first-order chi connectivity index (χ1) is 10.5. The number of rotatable bonds is 4. The Balaban J connectivity index is 1.77. The SMILES string of the molecule is Cn1cc2c(NCC(O)c3ccc(Cl)c(F)c3)ncnc2n1. The van der Waals surface area contributed by atoms with Crippen LogP contribution >= 0.6 is 11.6 Å². The number of aliphatic hydroxyl groups is 1. The minimum Gasteiger partial charge on any atom is -0.387 e. The van der Waals surface area contributed by atoms with Gasteiger partial charge >= 0.3 is 0 Å². The van der Waals surface area contributed by atoms with Crippen molar-refractivity contribution in [3.05, 3.63) is 47.1 Å². The van der Waals surface area contributed by atoms with Crippen molar-refractivity contribution in [1.29, 1.82) is 0 Å². The Morgan fingerprint density at radius 1 is 1.41 bits per heavy atom. The topological polar surface area (TPSA) is 75.9 Å². The van der Waals surface area contributed by atoms with Crippen LogP contribution in [0.25, 0.3) is 11.0 Å². The van der Waals surface area contributed by atoms with Crippen LogP contribution in [0.3, 0.4) is 0 Å². The van der Waals surface area contributed by atoms with Crippen molar-refractivity contribution >= 4 is 28.5 Å². The van der Waals surface area contributed by atoms with Crippen LogP contribution in [-0.2, 0) is 7.05 Å². The van der Waals surface area contributed by atoms with E-state index in [2.05, 4.69) is 20.4 Å². The molecule has 2 N–H and O–H groups in total. The lowest BCUT2D eigenvalue weighted by Gasteiger charge is -2.13. The molecule has 1 unspecified atom stereocenters. The number of aryl methyl sites for hydroxylation is 1. The fourth-order valence-electron chi connectivity index (χ4n) is 2.12. The Morgan fingerprint density at radius 3 is 3.00 bits per heavy atom. The molecular weight excluding hydrogens is 309 g/mol. The first-order valence-corrected chi connectivity index (χ1v) is 6.93. The summed E-state index contributed by atoms with van der Waals surface area (Å²) in [5.74, 6) is 0.00138. The van der Waals surface area contributed by atoms with Gasteiger partial charge in [-0.05, 0) is 17.7 Å². The quantitative estimate of drug-likeness (QED) is 0.771. The van der Waals surface area contributed by atoms with Gasteiger partial charge in [-0.15, -0.1) is 0 Å². The molecule has 0 saturated carbocycles. The Hall–Kier alpha value is -2.25. The molecule has 1 atom stereocenters. The highest BCUT2D eigenvalue weighted by Gasteiger charge is 2.12. The van der Waals surface area contributed by atoms with Crippen molar-refractivity contribution < 1.29 is 9.50 Å². The van der Waals surface area contributed by atoms with Gasteiger partial charge in [0, 0.05) is 19.8 Å². The van der Waals surface area contributed by atoms with E-state index in [0.717, 1.165) is 5.39 Å². The summed E-state index contributed by atoms with van der Waals surface area (Å²) in [7, 11) is 1.79. The van der Waals surface area contributed by atoms with Crippen LogP contribution in [0.2, 0.25) is 5.02 Å². The van der Waals surface area contributed by atoms with Gasteiger partial charge in [-0.2, -0.15) is 5.10 Å². The van der Waals surface area contributed by atoms with Gasteiger partial charge in [0.25, 0.3) is 0 Å². The van der Waals surface area contributed by atoms with Gasteiger partial charge in [-0.25, -0.2) is 14.4 Å². The molecule has 3 rings (SSSR count). The first kappa shape index (κ1) is 14.7. The second kappa shape index (κ2) is 5.86. The minimum atomic E-state index is -0.895. The van der Waals surface area contributed by atoms with Crippen LogP contribution in [-0.4, -0.2) is 31.4 Å². The molecule has 8 heteroatoms. The number of aliphatic hydroxyl groups excluding tert-OH is 1. The highest BCUT2D eigenvalue weighted by molar-refractivity contribution is 6.30. The molecule has 0 radical (unpaired) electrons. The van der Waals surface area contributed by atoms with Crippen LogP contribution in [0.15, 0.2) is 30.7 Å². The van der Waals surface area contributed by atoms with Gasteiger partial charge in [-0.1, -0.05) is 17.7 Å². The third-order valence-electron chi connectivity index (χ3n) is 3.22. The summed E-state index contributed by atoms with van der Waals surface area (Å²) in [4.78, 5) is 8.20. The van der Waals surface area contributed by atoms with E-state index >= 15 is 0 Å². The van der Waals surface area contributed by atoms with Gasteiger partial charge in [0.1, 0.15) is 18.0 Å². The summed E-state index contributed by atoms with van der Waals surface area (Å²) >= 11 is 5.63. The zero-order valence-corrected chi connectivity index (χ0v) is 12.4. The zero-order chi connectivity index (χ0) is 15.7. The number of anilines is 1. The molecule has 0 aliphatic rings. The molecule has 2 heterocycles. The largest absolute Gasteiger partial charge is 0.387 e. The van der Waals surface area contributed by atoms with E-state index in [0.29, 0.717) is 17.0 Å². The van der Waals surface area contributed by atoms with Crippen molar-refractivity contribution in [2.75, 3.05) is 11.9 Å². The molecule has 114 valence electrons. The van der Waals surface area contributed by atoms with E-state index in [-0.39, 0.29) is 11.6 Å². The molecule has 0 aliphatic carbocycles. The summed E-state index contributed by atoms with van der Waals surface area (Å²) < 4.78 is 15.1. The normalized spacial score (nSPS) is 12.5. The number of fused-ring (bicyclic) bond motifs is 1. The van der Waals surface area contributed by atoms with E-state index in [9.17, 15) is 9.50 Å². The maximum atomic E-state index is 13.4. The van der Waals surface area contributed by atoms with Gasteiger partial charge in [0.2, 0.25) is 0 Å². The summed E-state index contributed by atoms with van der Waals surface area (Å²) in [5, 5.41) is 18.1. The fraction of sp³-hybridized carbons (Fsp3) is 0.214. The lowest BCUT2D eigenvalue weighted by atomic mass is 10.1. The van der Waals surface area contributed by atoms with E-state index in [1.807, 2.05) is 0 Å². The number of hydrogen-bond donors (Lipinski definition) is 2. The Bertz CT molecular complexity index is 822. The van der Waals surface area contributed by atoms with Gasteiger partial charge in [0.05, 0.1) is 16.5 Å². The predicted octanol–water partition coefficient (Wildman–Crippen LogP) is 2.30. The number of benzene rings is 1. The Morgan fingerprint density at radius 2 is 2.23 bits per heavy atom. The van der Waals surface area contributed by atoms with E-state index < -0.39 is 11.9 Å². The smallest absolute Gasteiger partial charge is 0.186 e. The van der Waals surface area contributed by atoms with Crippen LogP contribution < -0.4 is 5.32 Å². The average molecular weight is 322 g/mol. The van der Waals surface area contributed by atoms with Gasteiger partial charge < -0.3 is 10.4 Å². The average Bonchev–Trinajstić information content (AvgIpc) is 2.88. The maximum absolute atomic E-state index is 13.4. The first-order valence-electron chi connectivity index (χ1n) is 6.56. The summed E-state index contributed by atoms with van der Waals surface area (Å²) in [6.45, 7) is 0.169. The molecule has 6 nitrogen and oxygen atoms in total. The van der Waals surface area contributed by atoms with Gasteiger partial charge in [-0.3, -0.25) is 4.68 Å². The lowest BCUT2D eigenvalue weighted by molar-refractivity contribution is 0.191. The van der Waals surface area contributed by atoms with Crippen LogP contribution in [0.4, 0.5) is 10.2 Å². The number of hydrogen-bond acceptors (Lipinski definition) is 5. The number of nitrogens with zero attached hydrogens (tertiary/aromatic N) is 4. The molecule has 0 saturated heterocycles. The van der Waals surface area contributed by atoms with Crippen molar-refractivity contribution in [1.82, 2.24) is 19.7 Å². The van der Waals surface area contributed by atoms with Crippen molar-refractivity contribution in [3.8, 4) is 0 Å². The van der Waals surface area contributed by atoms with Gasteiger partial charge in [0.15, 0.2) is 5.65 Å². The summed E-state index contributed by atoms with van der Waals surface area (Å²) in [6, 6.07) is 4.21. The van der Waals surface area contributed by atoms with Crippen LogP contribution in [0, 0.1) is 5.82 Å².